The molecule has 2 rings (SSSR count). The summed E-state index contributed by atoms with van der Waals surface area (Å²) in [5, 5.41) is 10.3. The molecule has 0 aliphatic carbocycles. The van der Waals surface area contributed by atoms with Crippen LogP contribution in [0.3, 0.4) is 0 Å². The van der Waals surface area contributed by atoms with Crippen molar-refractivity contribution in [1.82, 2.24) is 0 Å². The van der Waals surface area contributed by atoms with Crippen LogP contribution in [0.5, 0.6) is 0 Å². The van der Waals surface area contributed by atoms with Crippen LogP contribution in [-0.4, -0.2) is 24.9 Å². The van der Waals surface area contributed by atoms with Gasteiger partial charge in [0.1, 0.15) is 5.82 Å². The maximum Gasteiger partial charge on any atom is 0.161 e. The van der Waals surface area contributed by atoms with E-state index in [1.54, 1.807) is 0 Å². The second-order valence-corrected chi connectivity index (χ2v) is 4.91. The molecule has 1 aliphatic heterocycles. The Morgan fingerprint density at radius 3 is 2.53 bits per heavy atom. The van der Waals surface area contributed by atoms with Crippen LogP contribution in [0, 0.1) is 22.9 Å². The molecule has 2 unspecified atom stereocenters. The van der Waals surface area contributed by atoms with Gasteiger partial charge >= 0.3 is 0 Å². The first-order chi connectivity index (χ1) is 9.00. The van der Waals surface area contributed by atoms with E-state index in [1.807, 2.05) is 0 Å². The summed E-state index contributed by atoms with van der Waals surface area (Å²) in [5.41, 5.74) is 4.52. The fourth-order valence-electron chi connectivity index (χ4n) is 2.44. The Morgan fingerprint density at radius 1 is 1.26 bits per heavy atom. The molecule has 0 saturated carbocycles. The summed E-state index contributed by atoms with van der Waals surface area (Å²) in [7, 11) is 0. The molecular formula is C13H16F3NO2. The summed E-state index contributed by atoms with van der Waals surface area (Å²) in [6, 6.07) is 1.11. The van der Waals surface area contributed by atoms with Gasteiger partial charge in [0.2, 0.25) is 0 Å². The van der Waals surface area contributed by atoms with Gasteiger partial charge in [-0.2, -0.15) is 0 Å². The van der Waals surface area contributed by atoms with Gasteiger partial charge in [-0.1, -0.05) is 0 Å². The second-order valence-electron chi connectivity index (χ2n) is 4.91. The molecule has 2 atom stereocenters. The molecule has 1 saturated heterocycles. The molecule has 1 aromatic carbocycles. The Balaban J connectivity index is 2.37. The van der Waals surface area contributed by atoms with Crippen LogP contribution < -0.4 is 5.73 Å². The van der Waals surface area contributed by atoms with Gasteiger partial charge in [-0.05, 0) is 18.9 Å². The lowest BCUT2D eigenvalue weighted by molar-refractivity contribution is -0.0793. The van der Waals surface area contributed by atoms with Gasteiger partial charge in [0.05, 0.1) is 12.7 Å². The topological polar surface area (TPSA) is 55.5 Å². The van der Waals surface area contributed by atoms with Crippen LogP contribution in [0.1, 0.15) is 24.5 Å². The number of aliphatic hydroxyl groups excluding tert-OH is 1. The Morgan fingerprint density at radius 2 is 1.95 bits per heavy atom. The Labute approximate surface area is 109 Å². The zero-order valence-corrected chi connectivity index (χ0v) is 10.3. The fourth-order valence-corrected chi connectivity index (χ4v) is 2.44. The number of hydrogen-bond acceptors (Lipinski definition) is 3. The lowest BCUT2D eigenvalue weighted by Gasteiger charge is -2.40. The number of nitrogens with two attached hydrogens (primary N) is 1. The van der Waals surface area contributed by atoms with Crippen molar-refractivity contribution in [1.29, 1.82) is 0 Å². The maximum absolute atomic E-state index is 13.7. The predicted molar refractivity (Wildman–Crippen MR) is 62.8 cm³/mol. The molecule has 1 aromatic rings. The monoisotopic (exact) mass is 275 g/mol. The van der Waals surface area contributed by atoms with E-state index in [0.29, 0.717) is 31.6 Å². The molecule has 0 bridgehead atoms. The van der Waals surface area contributed by atoms with Crippen molar-refractivity contribution >= 4 is 0 Å². The van der Waals surface area contributed by atoms with Crippen molar-refractivity contribution in [2.75, 3.05) is 19.8 Å². The first-order valence-electron chi connectivity index (χ1n) is 6.10. The van der Waals surface area contributed by atoms with Crippen molar-refractivity contribution < 1.29 is 23.0 Å². The second kappa shape index (κ2) is 5.48. The number of hydrogen-bond donors (Lipinski definition) is 2. The summed E-state index contributed by atoms with van der Waals surface area (Å²) in [5.74, 6) is -3.46. The molecule has 0 amide bonds. The molecule has 0 aromatic heterocycles. The zero-order chi connectivity index (χ0) is 14.0. The third-order valence-electron chi connectivity index (χ3n) is 3.67. The Hall–Kier alpha value is -1.11. The number of halogens is 3. The molecule has 19 heavy (non-hydrogen) atoms. The number of ether oxygens (including phenoxy) is 1. The normalized spacial score (nSPS) is 25.3. The molecule has 6 heteroatoms. The molecule has 0 spiro atoms. The zero-order valence-electron chi connectivity index (χ0n) is 10.3. The minimum absolute atomic E-state index is 0.0760. The van der Waals surface area contributed by atoms with E-state index in [2.05, 4.69) is 0 Å². The standard InChI is InChI=1S/C13H16F3NO2/c14-9-5-11(16)10(15)4-8(9)12(18)13(6-17)2-1-3-19-7-13/h4-5,12,18H,1-3,6-7,17H2. The average molecular weight is 275 g/mol. The quantitative estimate of drug-likeness (QED) is 0.828. The van der Waals surface area contributed by atoms with Crippen LogP contribution in [0.4, 0.5) is 13.2 Å². The lowest BCUT2D eigenvalue weighted by Crippen LogP contribution is -2.44. The van der Waals surface area contributed by atoms with Crippen molar-refractivity contribution in [3.8, 4) is 0 Å². The van der Waals surface area contributed by atoms with Crippen LogP contribution in [-0.2, 0) is 4.74 Å². The molecule has 1 aliphatic rings. The Kier molecular flexibility index (Phi) is 4.13. The highest BCUT2D eigenvalue weighted by atomic mass is 19.2. The largest absolute Gasteiger partial charge is 0.388 e. The van der Waals surface area contributed by atoms with E-state index in [9.17, 15) is 18.3 Å². The number of benzene rings is 1. The summed E-state index contributed by atoms with van der Waals surface area (Å²) >= 11 is 0. The van der Waals surface area contributed by atoms with Crippen LogP contribution in [0.2, 0.25) is 0 Å². The number of aliphatic hydroxyl groups is 1. The van der Waals surface area contributed by atoms with Crippen molar-refractivity contribution in [2.45, 2.75) is 18.9 Å². The van der Waals surface area contributed by atoms with Gasteiger partial charge in [-0.25, -0.2) is 13.2 Å². The third kappa shape index (κ3) is 2.61. The van der Waals surface area contributed by atoms with E-state index in [1.165, 1.54) is 0 Å². The van der Waals surface area contributed by atoms with Gasteiger partial charge in [-0.3, -0.25) is 0 Å². The minimum atomic E-state index is -1.33. The van der Waals surface area contributed by atoms with Gasteiger partial charge in [0.25, 0.3) is 0 Å². The molecule has 3 nitrogen and oxygen atoms in total. The summed E-state index contributed by atoms with van der Waals surface area (Å²) < 4.78 is 45.1. The lowest BCUT2D eigenvalue weighted by atomic mass is 9.74. The smallest absolute Gasteiger partial charge is 0.161 e. The molecule has 3 N–H and O–H groups in total. The third-order valence-corrected chi connectivity index (χ3v) is 3.67. The highest BCUT2D eigenvalue weighted by Crippen LogP contribution is 2.41. The molecule has 0 radical (unpaired) electrons. The van der Waals surface area contributed by atoms with Crippen molar-refractivity contribution in [2.24, 2.45) is 11.1 Å². The minimum Gasteiger partial charge on any atom is -0.388 e. The van der Waals surface area contributed by atoms with Gasteiger partial charge < -0.3 is 15.6 Å². The summed E-state index contributed by atoms with van der Waals surface area (Å²) in [6.07, 6.45) is -0.101. The number of rotatable bonds is 3. The van der Waals surface area contributed by atoms with Crippen LogP contribution in [0.15, 0.2) is 12.1 Å². The molecule has 106 valence electrons. The average Bonchev–Trinajstić information content (AvgIpc) is 2.43. The van der Waals surface area contributed by atoms with Crippen molar-refractivity contribution in [3.05, 3.63) is 35.1 Å². The first-order valence-corrected chi connectivity index (χ1v) is 6.10. The van der Waals surface area contributed by atoms with Crippen LogP contribution in [0.25, 0.3) is 0 Å². The molecule has 1 fully saturated rings. The molecule has 1 heterocycles. The van der Waals surface area contributed by atoms with Gasteiger partial charge in [0.15, 0.2) is 11.6 Å². The van der Waals surface area contributed by atoms with E-state index in [-0.39, 0.29) is 18.7 Å². The highest BCUT2D eigenvalue weighted by Gasteiger charge is 2.41. The SMILES string of the molecule is NCC1(C(O)c2cc(F)c(F)cc2F)CCCOC1. The van der Waals surface area contributed by atoms with Crippen LogP contribution >= 0.6 is 0 Å². The highest BCUT2D eigenvalue weighted by molar-refractivity contribution is 5.24. The maximum atomic E-state index is 13.7. The molecular weight excluding hydrogens is 259 g/mol. The van der Waals surface area contributed by atoms with Crippen molar-refractivity contribution in [3.63, 3.8) is 0 Å². The Bertz CT molecular complexity index is 461. The summed E-state index contributed by atoms with van der Waals surface area (Å²) in [4.78, 5) is 0. The van der Waals surface area contributed by atoms with E-state index < -0.39 is 29.0 Å². The van der Waals surface area contributed by atoms with Gasteiger partial charge in [-0.15, -0.1) is 0 Å². The van der Waals surface area contributed by atoms with Gasteiger partial charge in [0, 0.05) is 30.2 Å². The van der Waals surface area contributed by atoms with E-state index >= 15 is 0 Å². The fraction of sp³-hybridized carbons (Fsp3) is 0.538. The van der Waals surface area contributed by atoms with E-state index in [4.69, 9.17) is 10.5 Å². The predicted octanol–water partition coefficient (Wildman–Crippen LogP) is 1.89. The summed E-state index contributed by atoms with van der Waals surface area (Å²) in [6.45, 7) is 0.796. The van der Waals surface area contributed by atoms with E-state index in [0.717, 1.165) is 0 Å². The first kappa shape index (κ1) is 14.3.